The van der Waals surface area contributed by atoms with Gasteiger partial charge < -0.3 is 18.3 Å². The molecule has 0 unspecified atom stereocenters. The summed E-state index contributed by atoms with van der Waals surface area (Å²) in [5.74, 6) is 0. The van der Waals surface area contributed by atoms with Crippen LogP contribution in [0, 0.1) is 0 Å². The second kappa shape index (κ2) is 11.8. The number of benzene rings is 9. The van der Waals surface area contributed by atoms with E-state index in [2.05, 4.69) is 225 Å². The van der Waals surface area contributed by atoms with Crippen LogP contribution in [-0.4, -0.2) is 18.3 Å². The van der Waals surface area contributed by atoms with Crippen LogP contribution in [0.25, 0.3) is 110 Å². The molecule has 0 saturated heterocycles. The first-order valence-corrected chi connectivity index (χ1v) is 20.0. The van der Waals surface area contributed by atoms with Crippen LogP contribution in [0.2, 0.25) is 0 Å². The molecule has 0 N–H and O–H groups in total. The lowest BCUT2D eigenvalue weighted by Gasteiger charge is -2.14. The molecule has 4 heterocycles. The molecule has 0 spiro atoms. The van der Waals surface area contributed by atoms with Crippen LogP contribution in [0.15, 0.2) is 206 Å². The average molecular weight is 739 g/mol. The van der Waals surface area contributed by atoms with Crippen LogP contribution in [0.5, 0.6) is 0 Å². The van der Waals surface area contributed by atoms with Crippen molar-refractivity contribution in [3.8, 4) is 22.7 Å². The van der Waals surface area contributed by atoms with E-state index in [4.69, 9.17) is 0 Å². The van der Waals surface area contributed by atoms with E-state index in [0.717, 1.165) is 22.7 Å². The minimum Gasteiger partial charge on any atom is -0.309 e. The van der Waals surface area contributed by atoms with Crippen molar-refractivity contribution in [1.82, 2.24) is 18.3 Å². The molecule has 0 saturated carbocycles. The first-order chi connectivity index (χ1) is 28.8. The lowest BCUT2D eigenvalue weighted by atomic mass is 10.1. The Morgan fingerprint density at radius 3 is 1.33 bits per heavy atom. The van der Waals surface area contributed by atoms with E-state index in [1.807, 2.05) is 0 Å². The van der Waals surface area contributed by atoms with E-state index in [1.54, 1.807) is 0 Å². The van der Waals surface area contributed by atoms with Crippen molar-refractivity contribution in [2.75, 3.05) is 0 Å². The fourth-order valence-electron chi connectivity index (χ4n) is 10.0. The zero-order valence-electron chi connectivity index (χ0n) is 31.4. The van der Waals surface area contributed by atoms with E-state index in [-0.39, 0.29) is 0 Å². The zero-order chi connectivity index (χ0) is 37.9. The van der Waals surface area contributed by atoms with Crippen LogP contribution < -0.4 is 0 Å². The van der Waals surface area contributed by atoms with Crippen molar-refractivity contribution in [1.29, 1.82) is 0 Å². The summed E-state index contributed by atoms with van der Waals surface area (Å²) in [5.41, 5.74) is 14.2. The Morgan fingerprint density at radius 1 is 0.224 bits per heavy atom. The largest absolute Gasteiger partial charge is 0.309 e. The lowest BCUT2D eigenvalue weighted by Crippen LogP contribution is -2.00. The molecule has 0 bridgehead atoms. The Bertz CT molecular complexity index is 3780. The molecule has 4 nitrogen and oxygen atoms in total. The summed E-state index contributed by atoms with van der Waals surface area (Å²) in [6.07, 6.45) is 0. The highest BCUT2D eigenvalue weighted by Gasteiger charge is 2.24. The quantitative estimate of drug-likeness (QED) is 0.171. The Morgan fingerprint density at radius 2 is 0.672 bits per heavy atom. The first kappa shape index (κ1) is 31.4. The highest BCUT2D eigenvalue weighted by Crippen LogP contribution is 2.45. The topological polar surface area (TPSA) is 19.7 Å². The van der Waals surface area contributed by atoms with Gasteiger partial charge in [0.1, 0.15) is 0 Å². The second-order valence-corrected chi connectivity index (χ2v) is 15.3. The molecular weight excluding hydrogens is 705 g/mol. The average Bonchev–Trinajstić information content (AvgIpc) is 4.02. The van der Waals surface area contributed by atoms with Crippen LogP contribution in [0.1, 0.15) is 0 Å². The smallest absolute Gasteiger partial charge is 0.0782 e. The van der Waals surface area contributed by atoms with Gasteiger partial charge in [-0.05, 0) is 78.9 Å². The van der Waals surface area contributed by atoms with Gasteiger partial charge in [0.15, 0.2) is 0 Å². The van der Waals surface area contributed by atoms with Crippen molar-refractivity contribution in [2.24, 2.45) is 0 Å². The molecule has 0 aliphatic carbocycles. The molecule has 270 valence electrons. The number of nitrogens with zero attached hydrogens (tertiary/aromatic N) is 4. The Labute approximate surface area is 333 Å². The summed E-state index contributed by atoms with van der Waals surface area (Å²) in [7, 11) is 0. The summed E-state index contributed by atoms with van der Waals surface area (Å²) in [6, 6.07) is 75.4. The van der Waals surface area contributed by atoms with Gasteiger partial charge in [-0.2, -0.15) is 0 Å². The minimum atomic E-state index is 1.14. The van der Waals surface area contributed by atoms with Crippen molar-refractivity contribution in [3.05, 3.63) is 206 Å². The number of para-hydroxylation sites is 7. The molecule has 58 heavy (non-hydrogen) atoms. The van der Waals surface area contributed by atoms with Crippen molar-refractivity contribution >= 4 is 87.2 Å². The van der Waals surface area contributed by atoms with Gasteiger partial charge in [-0.25, -0.2) is 0 Å². The molecule has 0 aliphatic heterocycles. The standard InChI is InChI=1S/C54H34N4/c1-3-16-35(17-4-1)55-45-25-11-9-22-40(45)44-34-37(30-32-49(44)55)57-47-27-13-8-21-39(47)42-31-33-50-52(54(42)57)43-23-10-14-28-48(43)58(50)51-29-15-24-41-38-20-7-12-26-46(38)56(53(41)51)36-18-5-2-6-19-36/h1-34H. The molecule has 0 atom stereocenters. The van der Waals surface area contributed by atoms with Crippen LogP contribution in [-0.2, 0) is 0 Å². The highest BCUT2D eigenvalue weighted by molar-refractivity contribution is 6.27. The number of fused-ring (bicyclic) bond motifs is 13. The summed E-state index contributed by atoms with van der Waals surface area (Å²) in [4.78, 5) is 0. The summed E-state index contributed by atoms with van der Waals surface area (Å²) in [5, 5.41) is 9.93. The van der Waals surface area contributed by atoms with Crippen LogP contribution >= 0.6 is 0 Å². The fraction of sp³-hybridized carbons (Fsp3) is 0. The molecule has 0 radical (unpaired) electrons. The van der Waals surface area contributed by atoms with Gasteiger partial charge in [0.25, 0.3) is 0 Å². The van der Waals surface area contributed by atoms with E-state index < -0.39 is 0 Å². The first-order valence-electron chi connectivity index (χ1n) is 20.0. The molecular formula is C54H34N4. The zero-order valence-corrected chi connectivity index (χ0v) is 31.4. The Kier molecular flexibility index (Phi) is 6.41. The third-order valence-electron chi connectivity index (χ3n) is 12.3. The number of hydrogen-bond acceptors (Lipinski definition) is 0. The van der Waals surface area contributed by atoms with Crippen LogP contribution in [0.4, 0.5) is 0 Å². The SMILES string of the molecule is c1ccc(-n2c3ccccc3c3cc(-n4c5ccccc5c5ccc6c(c7ccccc7n6-c6cccc7c8ccccc8n(-c8ccccc8)c67)c54)ccc32)cc1. The van der Waals surface area contributed by atoms with Gasteiger partial charge >= 0.3 is 0 Å². The Hall–Kier alpha value is -7.82. The van der Waals surface area contributed by atoms with Gasteiger partial charge in [0, 0.05) is 60.2 Å². The van der Waals surface area contributed by atoms with Gasteiger partial charge in [0.05, 0.1) is 49.8 Å². The van der Waals surface area contributed by atoms with Gasteiger partial charge in [-0.15, -0.1) is 0 Å². The maximum absolute atomic E-state index is 2.51. The van der Waals surface area contributed by atoms with Gasteiger partial charge in [0.2, 0.25) is 0 Å². The molecule has 4 aromatic heterocycles. The maximum Gasteiger partial charge on any atom is 0.0782 e. The lowest BCUT2D eigenvalue weighted by molar-refractivity contribution is 1.13. The molecule has 13 aromatic rings. The third-order valence-corrected chi connectivity index (χ3v) is 12.3. The number of aromatic nitrogens is 4. The Balaban J connectivity index is 1.16. The molecule has 0 fully saturated rings. The number of rotatable bonds is 4. The summed E-state index contributed by atoms with van der Waals surface area (Å²) < 4.78 is 9.85. The molecule has 13 rings (SSSR count). The van der Waals surface area contributed by atoms with E-state index in [9.17, 15) is 0 Å². The normalized spacial score (nSPS) is 12.1. The van der Waals surface area contributed by atoms with Crippen molar-refractivity contribution in [2.45, 2.75) is 0 Å². The molecule has 0 aliphatic rings. The van der Waals surface area contributed by atoms with Gasteiger partial charge in [-0.1, -0.05) is 127 Å². The predicted molar refractivity (Wildman–Crippen MR) is 244 cm³/mol. The fourth-order valence-corrected chi connectivity index (χ4v) is 10.0. The van der Waals surface area contributed by atoms with E-state index in [1.165, 1.54) is 87.2 Å². The molecule has 9 aromatic carbocycles. The van der Waals surface area contributed by atoms with E-state index in [0.29, 0.717) is 0 Å². The molecule has 0 amide bonds. The third kappa shape index (κ3) is 4.18. The van der Waals surface area contributed by atoms with E-state index >= 15 is 0 Å². The summed E-state index contributed by atoms with van der Waals surface area (Å²) in [6.45, 7) is 0. The highest BCUT2D eigenvalue weighted by atomic mass is 15.1. The van der Waals surface area contributed by atoms with Crippen molar-refractivity contribution < 1.29 is 0 Å². The minimum absolute atomic E-state index is 1.14. The number of hydrogen-bond donors (Lipinski definition) is 0. The van der Waals surface area contributed by atoms with Gasteiger partial charge in [-0.3, -0.25) is 0 Å². The van der Waals surface area contributed by atoms with Crippen LogP contribution in [0.3, 0.4) is 0 Å². The second-order valence-electron chi connectivity index (χ2n) is 15.3. The van der Waals surface area contributed by atoms with Crippen molar-refractivity contribution in [3.63, 3.8) is 0 Å². The molecule has 4 heteroatoms. The summed E-state index contributed by atoms with van der Waals surface area (Å²) >= 11 is 0. The monoisotopic (exact) mass is 738 g/mol. The maximum atomic E-state index is 2.51. The predicted octanol–water partition coefficient (Wildman–Crippen LogP) is 14.1.